The second-order valence-electron chi connectivity index (χ2n) is 6.67. The molecule has 0 aliphatic carbocycles. The first-order valence-electron chi connectivity index (χ1n) is 9.13. The molecule has 1 unspecified atom stereocenters. The fraction of sp³-hybridized carbons (Fsp3) is 0.250. The number of nitrogens with zero attached hydrogens (tertiary/aromatic N) is 4. The van der Waals surface area contributed by atoms with Crippen LogP contribution in [-0.2, 0) is 6.42 Å². The van der Waals surface area contributed by atoms with Crippen molar-refractivity contribution < 1.29 is 9.53 Å². The lowest BCUT2D eigenvalue weighted by Crippen LogP contribution is -2.37. The number of nitrogens with one attached hydrogen (secondary N) is 2. The molecule has 1 atom stereocenters. The largest absolute Gasteiger partial charge is 0.478 e. The van der Waals surface area contributed by atoms with Crippen LogP contribution in [0, 0.1) is 6.92 Å². The number of methoxy groups -OCH3 is 1. The summed E-state index contributed by atoms with van der Waals surface area (Å²) in [4.78, 5) is 30.1. The summed E-state index contributed by atoms with van der Waals surface area (Å²) in [7, 11) is 3.30. The molecule has 3 aromatic rings. The maximum Gasteiger partial charge on any atom is 0.257 e. The zero-order chi connectivity index (χ0) is 20.5. The fourth-order valence-electron chi connectivity index (χ4n) is 3.61. The molecule has 9 heteroatoms. The predicted octanol–water partition coefficient (Wildman–Crippen LogP) is 1.90. The first kappa shape index (κ1) is 18.6. The Bertz CT molecular complexity index is 1100. The number of aromatic nitrogens is 4. The van der Waals surface area contributed by atoms with Crippen molar-refractivity contribution in [3.63, 3.8) is 0 Å². The number of rotatable bonds is 4. The number of hydrogen-bond acceptors (Lipinski definition) is 8. The van der Waals surface area contributed by atoms with Gasteiger partial charge in [-0.3, -0.25) is 4.79 Å². The van der Waals surface area contributed by atoms with Crippen LogP contribution >= 0.6 is 0 Å². The van der Waals surface area contributed by atoms with Crippen LogP contribution in [0.25, 0.3) is 11.3 Å². The van der Waals surface area contributed by atoms with E-state index in [0.717, 1.165) is 11.1 Å². The molecule has 1 amide bonds. The summed E-state index contributed by atoms with van der Waals surface area (Å²) < 4.78 is 5.34. The van der Waals surface area contributed by atoms with Crippen molar-refractivity contribution >= 4 is 17.7 Å². The number of ether oxygens (including phenoxy) is 1. The molecular formula is C20H21N7O2. The van der Waals surface area contributed by atoms with E-state index in [2.05, 4.69) is 30.6 Å². The molecule has 0 radical (unpaired) electrons. The van der Waals surface area contributed by atoms with Gasteiger partial charge in [0.05, 0.1) is 42.0 Å². The van der Waals surface area contributed by atoms with Gasteiger partial charge in [0.25, 0.3) is 11.8 Å². The molecule has 1 aromatic carbocycles. The third-order valence-corrected chi connectivity index (χ3v) is 4.89. The summed E-state index contributed by atoms with van der Waals surface area (Å²) in [5, 5.41) is 6.01. The summed E-state index contributed by atoms with van der Waals surface area (Å²) >= 11 is 0. The Balaban J connectivity index is 1.77. The average Bonchev–Trinajstić information content (AvgIpc) is 2.72. The van der Waals surface area contributed by atoms with Crippen molar-refractivity contribution in [2.45, 2.75) is 19.4 Å². The first-order valence-corrected chi connectivity index (χ1v) is 9.13. The van der Waals surface area contributed by atoms with Gasteiger partial charge in [0.2, 0.25) is 5.95 Å². The minimum Gasteiger partial charge on any atom is -0.478 e. The standard InChI is InChI=1S/C20H21N7O2/c1-10-16-14(27-20(21)24-10)8-13(25-18(16)28)11-6-4-5-7-12(11)15-9-23-17(22-2)19(26-15)29-3/h4-7,9,13H,8H2,1-3H3,(H,22,23)(H,25,28)(H2,21,24,27). The highest BCUT2D eigenvalue weighted by Crippen LogP contribution is 2.33. The smallest absolute Gasteiger partial charge is 0.257 e. The highest BCUT2D eigenvalue weighted by molar-refractivity contribution is 5.98. The third kappa shape index (κ3) is 3.31. The molecule has 1 aliphatic rings. The van der Waals surface area contributed by atoms with Crippen LogP contribution in [0.4, 0.5) is 11.8 Å². The van der Waals surface area contributed by atoms with Crippen LogP contribution in [0.1, 0.15) is 33.4 Å². The maximum atomic E-state index is 12.7. The number of aryl methyl sites for hydroxylation is 1. The molecule has 0 fully saturated rings. The number of fused-ring (bicyclic) bond motifs is 1. The van der Waals surface area contributed by atoms with E-state index < -0.39 is 0 Å². The molecule has 0 saturated carbocycles. The van der Waals surface area contributed by atoms with Gasteiger partial charge in [-0.25, -0.2) is 19.9 Å². The molecule has 148 valence electrons. The van der Waals surface area contributed by atoms with Crippen LogP contribution in [-0.4, -0.2) is 40.0 Å². The minimum absolute atomic E-state index is 0.168. The lowest BCUT2D eigenvalue weighted by atomic mass is 9.90. The lowest BCUT2D eigenvalue weighted by molar-refractivity contribution is 0.0922. The van der Waals surface area contributed by atoms with E-state index in [0.29, 0.717) is 40.8 Å². The number of amides is 1. The monoisotopic (exact) mass is 391 g/mol. The zero-order valence-electron chi connectivity index (χ0n) is 16.4. The van der Waals surface area contributed by atoms with Crippen molar-refractivity contribution in [3.8, 4) is 17.1 Å². The van der Waals surface area contributed by atoms with Crippen LogP contribution in [0.2, 0.25) is 0 Å². The topological polar surface area (TPSA) is 128 Å². The summed E-state index contributed by atoms with van der Waals surface area (Å²) in [6, 6.07) is 7.47. The number of hydrogen-bond donors (Lipinski definition) is 3. The molecule has 0 saturated heterocycles. The van der Waals surface area contributed by atoms with Crippen molar-refractivity contribution in [1.82, 2.24) is 25.3 Å². The molecule has 4 rings (SSSR count). The highest BCUT2D eigenvalue weighted by Gasteiger charge is 2.30. The van der Waals surface area contributed by atoms with Crippen LogP contribution < -0.4 is 21.1 Å². The van der Waals surface area contributed by atoms with Gasteiger partial charge in [0.1, 0.15) is 0 Å². The van der Waals surface area contributed by atoms with E-state index in [1.165, 1.54) is 0 Å². The molecule has 4 N–H and O–H groups in total. The minimum atomic E-state index is -0.281. The van der Waals surface area contributed by atoms with Gasteiger partial charge in [0.15, 0.2) is 5.82 Å². The maximum absolute atomic E-state index is 12.7. The van der Waals surface area contributed by atoms with Crippen LogP contribution in [0.15, 0.2) is 30.5 Å². The lowest BCUT2D eigenvalue weighted by Gasteiger charge is -2.27. The van der Waals surface area contributed by atoms with Crippen molar-refractivity contribution in [2.24, 2.45) is 0 Å². The van der Waals surface area contributed by atoms with E-state index in [1.807, 2.05) is 24.3 Å². The van der Waals surface area contributed by atoms with Gasteiger partial charge in [-0.2, -0.15) is 0 Å². The quantitative estimate of drug-likeness (QED) is 0.615. The van der Waals surface area contributed by atoms with Gasteiger partial charge < -0.3 is 21.1 Å². The second-order valence-corrected chi connectivity index (χ2v) is 6.67. The Morgan fingerprint density at radius 3 is 2.79 bits per heavy atom. The Labute approximate surface area is 167 Å². The number of anilines is 2. The van der Waals surface area contributed by atoms with Crippen LogP contribution in [0.3, 0.4) is 0 Å². The van der Waals surface area contributed by atoms with E-state index in [9.17, 15) is 4.79 Å². The summed E-state index contributed by atoms with van der Waals surface area (Å²) in [5.74, 6) is 0.907. The Kier molecular flexibility index (Phi) is 4.71. The molecule has 3 heterocycles. The van der Waals surface area contributed by atoms with E-state index >= 15 is 0 Å². The predicted molar refractivity (Wildman–Crippen MR) is 109 cm³/mol. The Morgan fingerprint density at radius 2 is 2.03 bits per heavy atom. The zero-order valence-corrected chi connectivity index (χ0v) is 16.4. The SMILES string of the molecule is CNc1ncc(-c2ccccc2C2Cc3nc(N)nc(C)c3C(=O)N2)nc1OC. The molecule has 0 spiro atoms. The first-order chi connectivity index (χ1) is 14.0. The number of benzene rings is 1. The number of nitrogens with two attached hydrogens (primary N) is 1. The summed E-state index contributed by atoms with van der Waals surface area (Å²) in [6.07, 6.45) is 2.18. The normalized spacial score (nSPS) is 15.4. The van der Waals surface area contributed by atoms with Gasteiger partial charge in [0, 0.05) is 19.0 Å². The molecule has 29 heavy (non-hydrogen) atoms. The van der Waals surface area contributed by atoms with Gasteiger partial charge in [-0.05, 0) is 12.5 Å². The van der Waals surface area contributed by atoms with Crippen molar-refractivity contribution in [1.29, 1.82) is 0 Å². The van der Waals surface area contributed by atoms with Crippen LogP contribution in [0.5, 0.6) is 5.88 Å². The molecule has 0 bridgehead atoms. The van der Waals surface area contributed by atoms with E-state index in [1.54, 1.807) is 27.3 Å². The number of carbonyl (C=O) groups excluding carboxylic acids is 1. The van der Waals surface area contributed by atoms with Crippen molar-refractivity contribution in [2.75, 3.05) is 25.2 Å². The highest BCUT2D eigenvalue weighted by atomic mass is 16.5. The summed E-state index contributed by atoms with van der Waals surface area (Å²) in [5.41, 5.74) is 9.93. The van der Waals surface area contributed by atoms with Crippen molar-refractivity contribution in [3.05, 3.63) is 53.0 Å². The molecule has 2 aromatic heterocycles. The molecule has 9 nitrogen and oxygen atoms in total. The van der Waals surface area contributed by atoms with E-state index in [-0.39, 0.29) is 17.9 Å². The van der Waals surface area contributed by atoms with Gasteiger partial charge in [-0.1, -0.05) is 24.3 Å². The average molecular weight is 391 g/mol. The second kappa shape index (κ2) is 7.34. The Hall–Kier alpha value is -3.75. The molecular weight excluding hydrogens is 370 g/mol. The van der Waals surface area contributed by atoms with E-state index in [4.69, 9.17) is 10.5 Å². The summed E-state index contributed by atoms with van der Waals surface area (Å²) in [6.45, 7) is 1.76. The number of carbonyl (C=O) groups is 1. The third-order valence-electron chi connectivity index (χ3n) is 4.89. The van der Waals surface area contributed by atoms with Gasteiger partial charge in [-0.15, -0.1) is 0 Å². The number of nitrogen functional groups attached to an aromatic ring is 1. The Morgan fingerprint density at radius 1 is 1.24 bits per heavy atom. The fourth-order valence-corrected chi connectivity index (χ4v) is 3.61. The van der Waals surface area contributed by atoms with Gasteiger partial charge >= 0.3 is 0 Å². The molecule has 1 aliphatic heterocycles.